The first kappa shape index (κ1) is 13.8. The summed E-state index contributed by atoms with van der Waals surface area (Å²) in [6, 6.07) is 9.49. The second-order valence-corrected chi connectivity index (χ2v) is 3.95. The molecular formula is C13H18ClNO2. The minimum atomic E-state index is 0.0871. The molecule has 4 heteroatoms. The molecule has 17 heavy (non-hydrogen) atoms. The summed E-state index contributed by atoms with van der Waals surface area (Å²) >= 11 is 5.62. The van der Waals surface area contributed by atoms with Gasteiger partial charge in [-0.3, -0.25) is 4.79 Å². The quantitative estimate of drug-likeness (QED) is 0.701. The summed E-state index contributed by atoms with van der Waals surface area (Å²) in [6.45, 7) is 3.64. The number of amides is 1. The van der Waals surface area contributed by atoms with Crippen molar-refractivity contribution >= 4 is 17.5 Å². The van der Waals surface area contributed by atoms with E-state index in [2.05, 4.69) is 0 Å². The molecule has 0 fully saturated rings. The lowest BCUT2D eigenvalue weighted by molar-refractivity contribution is -0.131. The van der Waals surface area contributed by atoms with Gasteiger partial charge in [0.2, 0.25) is 5.91 Å². The van der Waals surface area contributed by atoms with Crippen molar-refractivity contribution in [3.63, 3.8) is 0 Å². The monoisotopic (exact) mass is 255 g/mol. The molecule has 1 aromatic rings. The van der Waals surface area contributed by atoms with Crippen molar-refractivity contribution < 1.29 is 9.53 Å². The number of benzene rings is 1. The third kappa shape index (κ3) is 5.09. The Balaban J connectivity index is 2.28. The molecule has 0 aromatic heterocycles. The molecule has 1 rings (SSSR count). The predicted molar refractivity (Wildman–Crippen MR) is 69.5 cm³/mol. The molecule has 0 aliphatic carbocycles. The number of hydrogen-bond acceptors (Lipinski definition) is 2. The summed E-state index contributed by atoms with van der Waals surface area (Å²) in [5, 5.41) is 0. The molecule has 0 spiro atoms. The highest BCUT2D eigenvalue weighted by atomic mass is 35.5. The summed E-state index contributed by atoms with van der Waals surface area (Å²) < 4.78 is 5.47. The Kier molecular flexibility index (Phi) is 6.48. The fourth-order valence-corrected chi connectivity index (χ4v) is 1.70. The van der Waals surface area contributed by atoms with Gasteiger partial charge >= 0.3 is 0 Å². The smallest absolute Gasteiger partial charge is 0.226 e. The zero-order chi connectivity index (χ0) is 12.5. The summed E-state index contributed by atoms with van der Waals surface area (Å²) in [6.07, 6.45) is 0.389. The number of alkyl halides is 1. The summed E-state index contributed by atoms with van der Waals surface area (Å²) in [5.41, 5.74) is 0. The molecule has 1 aromatic carbocycles. The standard InChI is InChI=1S/C13H18ClNO2/c1-2-15(10-9-14)13(16)8-11-17-12-6-4-3-5-7-12/h3-7H,2,8-11H2,1H3. The van der Waals surface area contributed by atoms with E-state index in [-0.39, 0.29) is 5.91 Å². The van der Waals surface area contributed by atoms with Gasteiger partial charge in [-0.05, 0) is 19.1 Å². The van der Waals surface area contributed by atoms with Crippen molar-refractivity contribution in [3.05, 3.63) is 30.3 Å². The van der Waals surface area contributed by atoms with Gasteiger partial charge in [-0.25, -0.2) is 0 Å². The lowest BCUT2D eigenvalue weighted by Gasteiger charge is -2.19. The average Bonchev–Trinajstić information content (AvgIpc) is 2.37. The maximum atomic E-state index is 11.7. The third-order valence-electron chi connectivity index (χ3n) is 2.42. The van der Waals surface area contributed by atoms with Gasteiger partial charge in [0.25, 0.3) is 0 Å². The van der Waals surface area contributed by atoms with Crippen LogP contribution in [0.3, 0.4) is 0 Å². The van der Waals surface area contributed by atoms with Gasteiger partial charge in [0.15, 0.2) is 0 Å². The maximum Gasteiger partial charge on any atom is 0.226 e. The van der Waals surface area contributed by atoms with Crippen LogP contribution >= 0.6 is 11.6 Å². The van der Waals surface area contributed by atoms with Crippen molar-refractivity contribution in [3.8, 4) is 5.75 Å². The topological polar surface area (TPSA) is 29.5 Å². The largest absolute Gasteiger partial charge is 0.493 e. The van der Waals surface area contributed by atoms with E-state index in [1.807, 2.05) is 37.3 Å². The Morgan fingerprint density at radius 2 is 2.06 bits per heavy atom. The number of nitrogens with zero attached hydrogens (tertiary/aromatic N) is 1. The number of rotatable bonds is 7. The van der Waals surface area contributed by atoms with Crippen molar-refractivity contribution in [1.82, 2.24) is 4.90 Å². The van der Waals surface area contributed by atoms with Crippen LogP contribution in [0.2, 0.25) is 0 Å². The van der Waals surface area contributed by atoms with Crippen LogP contribution in [0.25, 0.3) is 0 Å². The molecule has 0 heterocycles. The number of carbonyl (C=O) groups excluding carboxylic acids is 1. The Labute approximate surface area is 107 Å². The van der Waals surface area contributed by atoms with Crippen LogP contribution in [-0.2, 0) is 4.79 Å². The minimum Gasteiger partial charge on any atom is -0.493 e. The van der Waals surface area contributed by atoms with Gasteiger partial charge in [-0.2, -0.15) is 0 Å². The average molecular weight is 256 g/mol. The first-order chi connectivity index (χ1) is 8.27. The van der Waals surface area contributed by atoms with E-state index in [0.717, 1.165) is 5.75 Å². The predicted octanol–water partition coefficient (Wildman–Crippen LogP) is 2.54. The molecule has 3 nitrogen and oxygen atoms in total. The van der Waals surface area contributed by atoms with E-state index in [0.29, 0.717) is 32.0 Å². The highest BCUT2D eigenvalue weighted by molar-refractivity contribution is 6.18. The molecule has 0 aliphatic heterocycles. The van der Waals surface area contributed by atoms with Crippen LogP contribution in [0.5, 0.6) is 5.75 Å². The van der Waals surface area contributed by atoms with Crippen LogP contribution in [-0.4, -0.2) is 36.4 Å². The second kappa shape index (κ2) is 7.96. The highest BCUT2D eigenvalue weighted by Crippen LogP contribution is 2.08. The zero-order valence-electron chi connectivity index (χ0n) is 10.1. The van der Waals surface area contributed by atoms with Crippen LogP contribution < -0.4 is 4.74 Å². The molecule has 0 aliphatic rings. The number of carbonyl (C=O) groups is 1. The van der Waals surface area contributed by atoms with Crippen LogP contribution in [0.15, 0.2) is 30.3 Å². The SMILES string of the molecule is CCN(CCCl)C(=O)CCOc1ccccc1. The van der Waals surface area contributed by atoms with E-state index in [4.69, 9.17) is 16.3 Å². The Morgan fingerprint density at radius 1 is 1.35 bits per heavy atom. The summed E-state index contributed by atoms with van der Waals surface area (Å²) in [4.78, 5) is 13.5. The Bertz CT molecular complexity index is 329. The molecule has 0 unspecified atom stereocenters. The molecule has 1 amide bonds. The van der Waals surface area contributed by atoms with E-state index in [9.17, 15) is 4.79 Å². The molecule has 0 saturated carbocycles. The molecule has 0 N–H and O–H groups in total. The van der Waals surface area contributed by atoms with E-state index >= 15 is 0 Å². The number of para-hydroxylation sites is 1. The van der Waals surface area contributed by atoms with Gasteiger partial charge in [0.05, 0.1) is 13.0 Å². The third-order valence-corrected chi connectivity index (χ3v) is 2.59. The molecule has 0 radical (unpaired) electrons. The van der Waals surface area contributed by atoms with Crippen LogP contribution in [0, 0.1) is 0 Å². The minimum absolute atomic E-state index is 0.0871. The van der Waals surface area contributed by atoms with E-state index < -0.39 is 0 Å². The first-order valence-electron chi connectivity index (χ1n) is 5.79. The maximum absolute atomic E-state index is 11.7. The number of hydrogen-bond donors (Lipinski definition) is 0. The number of ether oxygens (including phenoxy) is 1. The van der Waals surface area contributed by atoms with Crippen LogP contribution in [0.1, 0.15) is 13.3 Å². The van der Waals surface area contributed by atoms with Crippen LogP contribution in [0.4, 0.5) is 0 Å². The summed E-state index contributed by atoms with van der Waals surface area (Å²) in [7, 11) is 0. The van der Waals surface area contributed by atoms with E-state index in [1.54, 1.807) is 4.90 Å². The second-order valence-electron chi connectivity index (χ2n) is 3.57. The van der Waals surface area contributed by atoms with Gasteiger partial charge in [-0.1, -0.05) is 18.2 Å². The van der Waals surface area contributed by atoms with Gasteiger partial charge < -0.3 is 9.64 Å². The highest BCUT2D eigenvalue weighted by Gasteiger charge is 2.10. The summed E-state index contributed by atoms with van der Waals surface area (Å²) in [5.74, 6) is 1.35. The lowest BCUT2D eigenvalue weighted by Crippen LogP contribution is -2.33. The molecule has 0 atom stereocenters. The normalized spacial score (nSPS) is 10.0. The number of halogens is 1. The van der Waals surface area contributed by atoms with Gasteiger partial charge in [0, 0.05) is 19.0 Å². The van der Waals surface area contributed by atoms with Crippen molar-refractivity contribution in [1.29, 1.82) is 0 Å². The Morgan fingerprint density at radius 3 is 2.65 bits per heavy atom. The van der Waals surface area contributed by atoms with Crippen molar-refractivity contribution in [2.75, 3.05) is 25.6 Å². The zero-order valence-corrected chi connectivity index (χ0v) is 10.8. The molecule has 94 valence electrons. The Hall–Kier alpha value is -1.22. The van der Waals surface area contributed by atoms with Crippen molar-refractivity contribution in [2.24, 2.45) is 0 Å². The van der Waals surface area contributed by atoms with Gasteiger partial charge in [0.1, 0.15) is 5.75 Å². The molecule has 0 saturated heterocycles. The van der Waals surface area contributed by atoms with E-state index in [1.165, 1.54) is 0 Å². The fourth-order valence-electron chi connectivity index (χ4n) is 1.49. The van der Waals surface area contributed by atoms with Gasteiger partial charge in [-0.15, -0.1) is 11.6 Å². The first-order valence-corrected chi connectivity index (χ1v) is 6.33. The molecular weight excluding hydrogens is 238 g/mol. The fraction of sp³-hybridized carbons (Fsp3) is 0.462. The van der Waals surface area contributed by atoms with Crippen molar-refractivity contribution in [2.45, 2.75) is 13.3 Å². The lowest BCUT2D eigenvalue weighted by atomic mass is 10.3. The molecule has 0 bridgehead atoms.